The first kappa shape index (κ1) is 18.8. The number of benzene rings is 2. The van der Waals surface area contributed by atoms with E-state index in [2.05, 4.69) is 22.2 Å². The van der Waals surface area contributed by atoms with Gasteiger partial charge in [-0.1, -0.05) is 37.3 Å². The highest BCUT2D eigenvalue weighted by Crippen LogP contribution is 2.24. The molecule has 0 fully saturated rings. The molecule has 6 nitrogen and oxygen atoms in total. The first-order valence-corrected chi connectivity index (χ1v) is 9.87. The molecule has 1 amide bonds. The minimum Gasteiger partial charge on any atom is -0.352 e. The number of H-pyrrole nitrogens is 1. The zero-order valence-corrected chi connectivity index (χ0v) is 16.4. The van der Waals surface area contributed by atoms with Crippen LogP contribution in [0.5, 0.6) is 0 Å². The molecule has 0 spiro atoms. The van der Waals surface area contributed by atoms with E-state index in [1.54, 1.807) is 18.5 Å². The van der Waals surface area contributed by atoms with Gasteiger partial charge in [0.1, 0.15) is 5.82 Å². The Balaban J connectivity index is 1.52. The average Bonchev–Trinajstić information content (AvgIpc) is 3.29. The number of aryl methyl sites for hydroxylation is 2. The van der Waals surface area contributed by atoms with Crippen LogP contribution in [-0.2, 0) is 12.8 Å². The van der Waals surface area contributed by atoms with Crippen molar-refractivity contribution in [3.63, 3.8) is 0 Å². The molecule has 0 aliphatic carbocycles. The van der Waals surface area contributed by atoms with Crippen LogP contribution in [0.15, 0.2) is 60.9 Å². The van der Waals surface area contributed by atoms with Crippen molar-refractivity contribution in [3.8, 4) is 11.3 Å². The van der Waals surface area contributed by atoms with Crippen LogP contribution in [0.3, 0.4) is 0 Å². The molecule has 146 valence electrons. The van der Waals surface area contributed by atoms with Crippen LogP contribution in [0.2, 0.25) is 0 Å². The maximum Gasteiger partial charge on any atom is 0.251 e. The number of nitrogens with one attached hydrogen (secondary N) is 2. The lowest BCUT2D eigenvalue weighted by atomic mass is 10.1. The van der Waals surface area contributed by atoms with E-state index >= 15 is 0 Å². The third-order valence-corrected chi connectivity index (χ3v) is 4.81. The van der Waals surface area contributed by atoms with E-state index in [1.165, 1.54) is 0 Å². The van der Waals surface area contributed by atoms with Gasteiger partial charge in [0, 0.05) is 36.5 Å². The maximum atomic E-state index is 12.5. The van der Waals surface area contributed by atoms with Crippen LogP contribution in [0, 0.1) is 0 Å². The van der Waals surface area contributed by atoms with Gasteiger partial charge >= 0.3 is 0 Å². The molecule has 0 bridgehead atoms. The lowest BCUT2D eigenvalue weighted by Gasteiger charge is -2.10. The third-order valence-electron chi connectivity index (χ3n) is 4.81. The lowest BCUT2D eigenvalue weighted by Crippen LogP contribution is -2.24. The minimum atomic E-state index is -0.103. The maximum absolute atomic E-state index is 12.5. The molecule has 4 rings (SSSR count). The summed E-state index contributed by atoms with van der Waals surface area (Å²) < 4.78 is 0. The molecule has 4 aromatic rings. The summed E-state index contributed by atoms with van der Waals surface area (Å²) in [5.74, 6) is 0.828. The molecule has 0 saturated carbocycles. The predicted molar refractivity (Wildman–Crippen MR) is 114 cm³/mol. The van der Waals surface area contributed by atoms with Crippen molar-refractivity contribution < 1.29 is 4.79 Å². The highest BCUT2D eigenvalue weighted by molar-refractivity contribution is 5.97. The van der Waals surface area contributed by atoms with Crippen LogP contribution >= 0.6 is 0 Å². The van der Waals surface area contributed by atoms with Gasteiger partial charge in [-0.3, -0.25) is 4.79 Å². The van der Waals surface area contributed by atoms with Gasteiger partial charge in [0.2, 0.25) is 0 Å². The summed E-state index contributed by atoms with van der Waals surface area (Å²) in [6.07, 6.45) is 5.96. The van der Waals surface area contributed by atoms with Crippen molar-refractivity contribution >= 4 is 16.9 Å². The van der Waals surface area contributed by atoms with Gasteiger partial charge in [-0.2, -0.15) is 0 Å². The van der Waals surface area contributed by atoms with Gasteiger partial charge in [-0.25, -0.2) is 15.0 Å². The summed E-state index contributed by atoms with van der Waals surface area (Å²) in [4.78, 5) is 29.4. The number of aromatic amines is 1. The van der Waals surface area contributed by atoms with E-state index in [0.717, 1.165) is 53.1 Å². The molecular weight excluding hydrogens is 362 g/mol. The van der Waals surface area contributed by atoms with E-state index in [4.69, 9.17) is 9.97 Å². The minimum absolute atomic E-state index is 0.103. The monoisotopic (exact) mass is 385 g/mol. The fourth-order valence-electron chi connectivity index (χ4n) is 3.30. The number of fused-ring (bicyclic) bond motifs is 1. The first-order valence-electron chi connectivity index (χ1n) is 9.87. The van der Waals surface area contributed by atoms with E-state index in [0.29, 0.717) is 12.1 Å². The van der Waals surface area contributed by atoms with Crippen LogP contribution in [0.1, 0.15) is 35.2 Å². The van der Waals surface area contributed by atoms with Gasteiger partial charge in [0.15, 0.2) is 0 Å². The Bertz CT molecular complexity index is 1110. The number of rotatable bonds is 7. The van der Waals surface area contributed by atoms with Crippen molar-refractivity contribution in [2.75, 3.05) is 6.54 Å². The summed E-state index contributed by atoms with van der Waals surface area (Å²) >= 11 is 0. The van der Waals surface area contributed by atoms with Crippen LogP contribution < -0.4 is 5.32 Å². The highest BCUT2D eigenvalue weighted by Gasteiger charge is 2.12. The Morgan fingerprint density at radius 2 is 1.93 bits per heavy atom. The standard InChI is InChI=1S/C23H23N5O/c1-2-18-22(16-7-4-3-5-8-16)28-20-15-17(10-11-19(20)27-18)23(29)26-12-6-9-21-24-13-14-25-21/h3-5,7-8,10-11,13-15H,2,6,9,12H2,1H3,(H,24,25)(H,26,29). The second-order valence-electron chi connectivity index (χ2n) is 6.84. The SMILES string of the molecule is CCc1nc2ccc(C(=O)NCCCc3ncc[nH]3)cc2nc1-c1ccccc1. The molecule has 0 saturated heterocycles. The van der Waals surface area contributed by atoms with Gasteiger partial charge in [-0.15, -0.1) is 0 Å². The third kappa shape index (κ3) is 4.32. The van der Waals surface area contributed by atoms with Gasteiger partial charge in [-0.05, 0) is 31.0 Å². The molecular formula is C23H23N5O. The second kappa shape index (κ2) is 8.65. The highest BCUT2D eigenvalue weighted by atomic mass is 16.1. The Morgan fingerprint density at radius 1 is 1.07 bits per heavy atom. The van der Waals surface area contributed by atoms with Crippen molar-refractivity contribution in [1.82, 2.24) is 25.3 Å². The second-order valence-corrected chi connectivity index (χ2v) is 6.84. The molecule has 0 aliphatic rings. The summed E-state index contributed by atoms with van der Waals surface area (Å²) in [7, 11) is 0. The van der Waals surface area contributed by atoms with Gasteiger partial charge in [0.25, 0.3) is 5.91 Å². The average molecular weight is 385 g/mol. The van der Waals surface area contributed by atoms with E-state index in [-0.39, 0.29) is 5.91 Å². The molecule has 29 heavy (non-hydrogen) atoms. The van der Waals surface area contributed by atoms with Gasteiger partial charge < -0.3 is 10.3 Å². The predicted octanol–water partition coefficient (Wildman–Crippen LogP) is 3.94. The Hall–Kier alpha value is -3.54. The van der Waals surface area contributed by atoms with Crippen LogP contribution in [0.25, 0.3) is 22.3 Å². The number of carbonyl (C=O) groups is 1. The van der Waals surface area contributed by atoms with E-state index in [1.807, 2.05) is 42.5 Å². The zero-order chi connectivity index (χ0) is 20.1. The number of hydrogen-bond donors (Lipinski definition) is 2. The molecule has 0 atom stereocenters. The van der Waals surface area contributed by atoms with Crippen molar-refractivity contribution in [2.24, 2.45) is 0 Å². The Kier molecular flexibility index (Phi) is 5.61. The molecule has 0 unspecified atom stereocenters. The quantitative estimate of drug-likeness (QED) is 0.472. The molecule has 6 heteroatoms. The van der Waals surface area contributed by atoms with Gasteiger partial charge in [0.05, 0.1) is 22.4 Å². The molecule has 0 aliphatic heterocycles. The Morgan fingerprint density at radius 3 is 2.69 bits per heavy atom. The first-order chi connectivity index (χ1) is 14.2. The smallest absolute Gasteiger partial charge is 0.251 e. The van der Waals surface area contributed by atoms with Crippen LogP contribution in [-0.4, -0.2) is 32.4 Å². The summed E-state index contributed by atoms with van der Waals surface area (Å²) in [6, 6.07) is 15.5. The molecule has 2 aromatic carbocycles. The topological polar surface area (TPSA) is 83.6 Å². The molecule has 2 aromatic heterocycles. The van der Waals surface area contributed by atoms with Crippen LogP contribution in [0.4, 0.5) is 0 Å². The normalized spacial score (nSPS) is 10.9. The fraction of sp³-hybridized carbons (Fsp3) is 0.217. The summed E-state index contributed by atoms with van der Waals surface area (Å²) in [5, 5.41) is 2.97. The van der Waals surface area contributed by atoms with Crippen molar-refractivity contribution in [3.05, 3.63) is 78.0 Å². The van der Waals surface area contributed by atoms with Crippen molar-refractivity contribution in [1.29, 1.82) is 0 Å². The van der Waals surface area contributed by atoms with E-state index in [9.17, 15) is 4.79 Å². The fourth-order valence-corrected chi connectivity index (χ4v) is 3.30. The number of hydrogen-bond acceptors (Lipinski definition) is 4. The Labute approximate surface area is 169 Å². The van der Waals surface area contributed by atoms with Crippen molar-refractivity contribution in [2.45, 2.75) is 26.2 Å². The number of aromatic nitrogens is 4. The summed E-state index contributed by atoms with van der Waals surface area (Å²) in [5.41, 5.74) is 4.98. The largest absolute Gasteiger partial charge is 0.352 e. The number of carbonyl (C=O) groups excluding carboxylic acids is 1. The number of nitrogens with zero attached hydrogens (tertiary/aromatic N) is 3. The summed E-state index contributed by atoms with van der Waals surface area (Å²) in [6.45, 7) is 2.67. The number of imidazole rings is 1. The van der Waals surface area contributed by atoms with E-state index < -0.39 is 0 Å². The lowest BCUT2D eigenvalue weighted by molar-refractivity contribution is 0.0953. The number of amides is 1. The molecule has 2 heterocycles. The molecule has 0 radical (unpaired) electrons. The zero-order valence-electron chi connectivity index (χ0n) is 16.4. The molecule has 2 N–H and O–H groups in total.